The third kappa shape index (κ3) is 8.20. The van der Waals surface area contributed by atoms with E-state index in [1.807, 2.05) is 13.8 Å². The normalized spacial score (nSPS) is 51.6. The Kier molecular flexibility index (Phi) is 14.5. The summed E-state index contributed by atoms with van der Waals surface area (Å²) in [6.45, 7) is 41.6. The Morgan fingerprint density at radius 1 is 0.500 bits per heavy atom. The van der Waals surface area contributed by atoms with Crippen LogP contribution in [0.15, 0.2) is 23.3 Å². The summed E-state index contributed by atoms with van der Waals surface area (Å²) in [7, 11) is 0. The minimum absolute atomic E-state index is 0.0307. The van der Waals surface area contributed by atoms with E-state index in [0.29, 0.717) is 35.5 Å². The fourth-order valence-electron chi connectivity index (χ4n) is 22.3. The summed E-state index contributed by atoms with van der Waals surface area (Å²) in [5.74, 6) is 3.56. The van der Waals surface area contributed by atoms with Crippen LogP contribution in [-0.4, -0.2) is 66.3 Å². The van der Waals surface area contributed by atoms with Crippen LogP contribution in [0, 0.1) is 102 Å². The second kappa shape index (κ2) is 18.0. The Balaban J connectivity index is 0.000000201. The Bertz CT molecular complexity index is 1750. The Morgan fingerprint density at radius 2 is 0.824 bits per heavy atom. The number of aliphatic hydroxyl groups excluding tert-OH is 4. The molecule has 8 fully saturated rings. The number of aliphatic hydroxyl groups is 6. The minimum Gasteiger partial charge on any atom is -0.393 e. The summed E-state index contributed by atoms with van der Waals surface area (Å²) in [6.07, 6.45) is 18.8. The van der Waals surface area contributed by atoms with E-state index in [1.165, 1.54) is 24.0 Å². The first-order chi connectivity index (χ1) is 31.0. The molecule has 0 aromatic carbocycles. The molecular weight excluding hydrogens is 841 g/mol. The van der Waals surface area contributed by atoms with Crippen molar-refractivity contribution >= 4 is 0 Å². The molecule has 8 aliphatic carbocycles. The molecule has 8 rings (SSSR count). The predicted molar refractivity (Wildman–Crippen MR) is 280 cm³/mol. The summed E-state index contributed by atoms with van der Waals surface area (Å²) >= 11 is 0. The van der Waals surface area contributed by atoms with Crippen molar-refractivity contribution in [2.75, 3.05) is 0 Å². The molecule has 8 saturated carbocycles. The van der Waals surface area contributed by atoms with Gasteiger partial charge in [-0.25, -0.2) is 0 Å². The summed E-state index contributed by atoms with van der Waals surface area (Å²) in [5.41, 5.74) is 1.54. The van der Waals surface area contributed by atoms with Gasteiger partial charge >= 0.3 is 0 Å². The number of rotatable bonds is 8. The van der Waals surface area contributed by atoms with Gasteiger partial charge in [-0.1, -0.05) is 106 Å². The highest BCUT2D eigenvalue weighted by Gasteiger charge is 2.74. The Morgan fingerprint density at radius 3 is 1.13 bits per heavy atom. The number of allylic oxidation sites excluding steroid dienone is 4. The molecule has 17 unspecified atom stereocenters. The van der Waals surface area contributed by atoms with E-state index in [1.54, 1.807) is 0 Å². The van der Waals surface area contributed by atoms with E-state index < -0.39 is 11.2 Å². The fourth-order valence-corrected chi connectivity index (χ4v) is 22.3. The summed E-state index contributed by atoms with van der Waals surface area (Å²) in [4.78, 5) is 0. The topological polar surface area (TPSA) is 121 Å². The molecule has 0 saturated heterocycles. The molecule has 0 heterocycles. The van der Waals surface area contributed by atoms with Crippen LogP contribution in [0.4, 0.5) is 0 Å². The molecule has 0 bridgehead atoms. The van der Waals surface area contributed by atoms with Crippen molar-refractivity contribution < 1.29 is 30.6 Å². The van der Waals surface area contributed by atoms with Crippen molar-refractivity contribution in [2.24, 2.45) is 102 Å². The van der Waals surface area contributed by atoms with Crippen molar-refractivity contribution in [1.29, 1.82) is 0 Å². The van der Waals surface area contributed by atoms with Gasteiger partial charge in [-0.3, -0.25) is 0 Å². The lowest BCUT2D eigenvalue weighted by molar-refractivity contribution is -0.261. The van der Waals surface area contributed by atoms with Gasteiger partial charge in [0.05, 0.1) is 35.6 Å². The molecule has 0 aromatic heterocycles. The van der Waals surface area contributed by atoms with Gasteiger partial charge in [0.25, 0.3) is 0 Å². The van der Waals surface area contributed by atoms with Crippen molar-refractivity contribution in [3.05, 3.63) is 23.3 Å². The number of hydrogen-bond acceptors (Lipinski definition) is 6. The highest BCUT2D eigenvalue weighted by Crippen LogP contribution is 2.78. The third-order valence-corrected chi connectivity index (χ3v) is 25.1. The summed E-state index contributed by atoms with van der Waals surface area (Å²) < 4.78 is 0. The largest absolute Gasteiger partial charge is 0.393 e. The zero-order valence-electron chi connectivity index (χ0n) is 47.2. The molecule has 0 amide bonds. The zero-order chi connectivity index (χ0) is 51.0. The summed E-state index contributed by atoms with van der Waals surface area (Å²) in [6, 6.07) is 0. The van der Waals surface area contributed by atoms with Crippen LogP contribution >= 0.6 is 0 Å². The molecule has 6 nitrogen and oxygen atoms in total. The average molecular weight is 950 g/mol. The smallest absolute Gasteiger partial charge is 0.0654 e. The lowest BCUT2D eigenvalue weighted by Gasteiger charge is -2.72. The van der Waals surface area contributed by atoms with E-state index in [-0.39, 0.29) is 91.4 Å². The molecule has 392 valence electrons. The molecule has 6 N–H and O–H groups in total. The highest BCUT2D eigenvalue weighted by atomic mass is 16.3. The van der Waals surface area contributed by atoms with Crippen LogP contribution < -0.4 is 0 Å². The lowest BCUT2D eigenvalue weighted by Crippen LogP contribution is -2.68. The van der Waals surface area contributed by atoms with Crippen molar-refractivity contribution in [2.45, 2.75) is 263 Å². The Labute approximate surface area is 417 Å². The van der Waals surface area contributed by atoms with Crippen molar-refractivity contribution in [3.63, 3.8) is 0 Å². The maximum atomic E-state index is 11.8. The minimum atomic E-state index is -0.748. The molecule has 0 radical (unpaired) electrons. The molecule has 0 spiro atoms. The van der Waals surface area contributed by atoms with Gasteiger partial charge in [0, 0.05) is 0 Å². The molecular formula is C62H108O6. The van der Waals surface area contributed by atoms with E-state index in [0.717, 1.165) is 89.9 Å². The second-order valence-corrected chi connectivity index (χ2v) is 30.2. The van der Waals surface area contributed by atoms with Crippen LogP contribution in [0.1, 0.15) is 227 Å². The maximum absolute atomic E-state index is 11.8. The van der Waals surface area contributed by atoms with Gasteiger partial charge < -0.3 is 30.6 Å². The number of hydrogen-bond donors (Lipinski definition) is 6. The molecule has 0 aromatic rings. The van der Waals surface area contributed by atoms with Gasteiger partial charge in [-0.2, -0.15) is 0 Å². The van der Waals surface area contributed by atoms with Gasteiger partial charge in [0.2, 0.25) is 0 Å². The molecule has 6 heteroatoms. The molecule has 68 heavy (non-hydrogen) atoms. The lowest BCUT2D eigenvalue weighted by atomic mass is 9.33. The van der Waals surface area contributed by atoms with E-state index in [2.05, 4.69) is 123 Å². The van der Waals surface area contributed by atoms with E-state index in [4.69, 9.17) is 0 Å². The van der Waals surface area contributed by atoms with Crippen LogP contribution in [-0.2, 0) is 0 Å². The van der Waals surface area contributed by atoms with Gasteiger partial charge in [-0.05, 0) is 247 Å². The van der Waals surface area contributed by atoms with Crippen LogP contribution in [0.3, 0.4) is 0 Å². The first-order valence-corrected chi connectivity index (χ1v) is 28.5. The van der Waals surface area contributed by atoms with Gasteiger partial charge in [0.15, 0.2) is 0 Å². The van der Waals surface area contributed by atoms with Crippen molar-refractivity contribution in [1.82, 2.24) is 0 Å². The monoisotopic (exact) mass is 949 g/mol. The van der Waals surface area contributed by atoms with E-state index >= 15 is 0 Å². The quantitative estimate of drug-likeness (QED) is 0.135. The fraction of sp³-hybridized carbons (Fsp3) is 0.935. The SMILES string of the molecule is CC(C)=CCCC(C)(O)C1CC[C@]2(C)C1C(O)CC1C3(C)CCC(O)C(C)(C)C3[C@@H](C)CC12C.CC(C)=CCC[C@](C)(O)C1CC[C@]2(C)C1C(O)CC1C3(C)CCC(O)C(C)(C)C3[C@@H](C)CC12C. The molecule has 8 aliphatic rings. The maximum Gasteiger partial charge on any atom is 0.0654 e. The average Bonchev–Trinajstić information content (AvgIpc) is 3.78. The van der Waals surface area contributed by atoms with E-state index in [9.17, 15) is 30.6 Å². The highest BCUT2D eigenvalue weighted by molar-refractivity contribution is 5.23. The third-order valence-electron chi connectivity index (χ3n) is 25.1. The summed E-state index contributed by atoms with van der Waals surface area (Å²) in [5, 5.41) is 69.0. The van der Waals surface area contributed by atoms with Crippen molar-refractivity contribution in [3.8, 4) is 0 Å². The van der Waals surface area contributed by atoms with Crippen LogP contribution in [0.2, 0.25) is 0 Å². The van der Waals surface area contributed by atoms with Gasteiger partial charge in [-0.15, -0.1) is 0 Å². The first-order valence-electron chi connectivity index (χ1n) is 28.5. The Hall–Kier alpha value is -0.760. The standard InChI is InChI=1S/2C31H54O3/c2*1-19(2)11-10-14-31(9,34)21-12-16-29(7)25(21)22(32)17-23-28(6)15-13-24(33)27(4,5)26(28)20(3)18-30(23,29)8/h2*11,20-26,32-34H,10,12-18H2,1-9H3/t20-,21?,22?,23?,24?,25?,26?,28?,29+,30?,31?;20-,21?,22?,23?,24?,25?,26?,28?,29+,30?,31-/m00/s1. The van der Waals surface area contributed by atoms with Crippen LogP contribution in [0.5, 0.6) is 0 Å². The number of fused-ring (bicyclic) bond motifs is 10. The predicted octanol–water partition coefficient (Wildman–Crippen LogP) is 13.5. The first kappa shape index (κ1) is 55.0. The van der Waals surface area contributed by atoms with Crippen LogP contribution in [0.25, 0.3) is 0 Å². The van der Waals surface area contributed by atoms with Gasteiger partial charge in [0.1, 0.15) is 0 Å². The molecule has 22 atom stereocenters. The molecule has 0 aliphatic heterocycles. The zero-order valence-corrected chi connectivity index (χ0v) is 47.2. The second-order valence-electron chi connectivity index (χ2n) is 30.2.